The first kappa shape index (κ1) is 19.0. The maximum absolute atomic E-state index is 12.2. The first-order valence-electron chi connectivity index (χ1n) is 8.77. The van der Waals surface area contributed by atoms with Crippen LogP contribution in [0.1, 0.15) is 18.1 Å². The maximum atomic E-state index is 12.2. The van der Waals surface area contributed by atoms with Crippen LogP contribution in [0.4, 0.5) is 0 Å². The third kappa shape index (κ3) is 5.11. The van der Waals surface area contributed by atoms with E-state index in [4.69, 9.17) is 21.1 Å². The molecule has 0 saturated heterocycles. The van der Waals surface area contributed by atoms with Gasteiger partial charge in [0, 0.05) is 10.6 Å². The van der Waals surface area contributed by atoms with Gasteiger partial charge in [0.1, 0.15) is 12.4 Å². The number of esters is 1. The fourth-order valence-corrected chi connectivity index (χ4v) is 2.80. The molecule has 0 bridgehead atoms. The minimum absolute atomic E-state index is 0.124. The number of hydrogen-bond donors (Lipinski definition) is 0. The van der Waals surface area contributed by atoms with E-state index in [-0.39, 0.29) is 6.61 Å². The summed E-state index contributed by atoms with van der Waals surface area (Å²) >= 11 is 6.07. The lowest BCUT2D eigenvalue weighted by Crippen LogP contribution is -2.26. The van der Waals surface area contributed by atoms with Crippen molar-refractivity contribution in [2.45, 2.75) is 26.6 Å². The van der Waals surface area contributed by atoms with Crippen molar-refractivity contribution in [3.05, 3.63) is 88.9 Å². The predicted octanol–water partition coefficient (Wildman–Crippen LogP) is 5.83. The normalized spacial score (nSPS) is 11.7. The van der Waals surface area contributed by atoms with Crippen LogP contribution >= 0.6 is 11.6 Å². The number of carbonyl (C=O) groups excluding carboxylic acids is 1. The Morgan fingerprint density at radius 1 is 0.926 bits per heavy atom. The number of carbonyl (C=O) groups is 1. The Morgan fingerprint density at radius 2 is 1.52 bits per heavy atom. The molecular formula is C23H21ClO3. The first-order chi connectivity index (χ1) is 13.0. The molecule has 3 rings (SSSR count). The Hall–Kier alpha value is -2.78. The van der Waals surface area contributed by atoms with Gasteiger partial charge < -0.3 is 9.47 Å². The smallest absolute Gasteiger partial charge is 0.347 e. The molecule has 0 saturated carbocycles. The zero-order valence-corrected chi connectivity index (χ0v) is 16.1. The molecule has 0 aliphatic rings. The largest absolute Gasteiger partial charge is 0.479 e. The van der Waals surface area contributed by atoms with Crippen molar-refractivity contribution in [3.8, 4) is 16.9 Å². The topological polar surface area (TPSA) is 35.5 Å². The van der Waals surface area contributed by atoms with Crippen LogP contribution in [-0.2, 0) is 16.1 Å². The van der Waals surface area contributed by atoms with Gasteiger partial charge in [-0.3, -0.25) is 0 Å². The quantitative estimate of drug-likeness (QED) is 0.505. The molecule has 3 aromatic rings. The molecule has 0 amide bonds. The molecule has 1 unspecified atom stereocenters. The van der Waals surface area contributed by atoms with E-state index in [1.807, 2.05) is 42.5 Å². The molecule has 4 heteroatoms. The molecule has 0 aliphatic carbocycles. The van der Waals surface area contributed by atoms with Crippen molar-refractivity contribution >= 4 is 17.6 Å². The van der Waals surface area contributed by atoms with Crippen molar-refractivity contribution in [2.24, 2.45) is 0 Å². The Morgan fingerprint density at radius 3 is 2.15 bits per heavy atom. The number of hydrogen-bond acceptors (Lipinski definition) is 3. The van der Waals surface area contributed by atoms with Gasteiger partial charge in [-0.15, -0.1) is 0 Å². The second kappa shape index (κ2) is 8.74. The fraction of sp³-hybridized carbons (Fsp3) is 0.174. The van der Waals surface area contributed by atoms with E-state index in [1.54, 1.807) is 13.0 Å². The zero-order valence-electron chi connectivity index (χ0n) is 15.3. The molecule has 0 aromatic heterocycles. The van der Waals surface area contributed by atoms with Crippen molar-refractivity contribution in [2.75, 3.05) is 0 Å². The minimum atomic E-state index is -0.710. The summed E-state index contributed by atoms with van der Waals surface area (Å²) in [5, 5.41) is 0.575. The first-order valence-corrected chi connectivity index (χ1v) is 9.14. The van der Waals surface area contributed by atoms with E-state index in [1.165, 1.54) is 5.56 Å². The monoisotopic (exact) mass is 380 g/mol. The molecule has 3 aromatic carbocycles. The van der Waals surface area contributed by atoms with Gasteiger partial charge >= 0.3 is 5.97 Å². The van der Waals surface area contributed by atoms with Crippen LogP contribution in [-0.4, -0.2) is 12.1 Å². The Kier molecular flexibility index (Phi) is 6.15. The van der Waals surface area contributed by atoms with E-state index in [9.17, 15) is 4.79 Å². The van der Waals surface area contributed by atoms with Crippen LogP contribution in [0, 0.1) is 6.92 Å². The molecule has 0 N–H and O–H groups in total. The molecule has 1 atom stereocenters. The molecule has 0 fully saturated rings. The highest BCUT2D eigenvalue weighted by atomic mass is 35.5. The van der Waals surface area contributed by atoms with E-state index in [2.05, 4.69) is 31.2 Å². The van der Waals surface area contributed by atoms with E-state index >= 15 is 0 Å². The summed E-state index contributed by atoms with van der Waals surface area (Å²) in [5.41, 5.74) is 4.22. The summed E-state index contributed by atoms with van der Waals surface area (Å²) in [4.78, 5) is 12.2. The van der Waals surface area contributed by atoms with Gasteiger partial charge in [-0.25, -0.2) is 4.79 Å². The number of halogens is 1. The van der Waals surface area contributed by atoms with Crippen LogP contribution in [0.25, 0.3) is 11.1 Å². The maximum Gasteiger partial charge on any atom is 0.347 e. The Bertz CT molecular complexity index is 902. The van der Waals surface area contributed by atoms with Crippen LogP contribution in [0.2, 0.25) is 5.02 Å². The van der Waals surface area contributed by atoms with E-state index in [0.29, 0.717) is 10.8 Å². The summed E-state index contributed by atoms with van der Waals surface area (Å²) in [5.74, 6) is 0.186. The average molecular weight is 381 g/mol. The third-order valence-electron chi connectivity index (χ3n) is 4.21. The van der Waals surface area contributed by atoms with Crippen molar-refractivity contribution < 1.29 is 14.3 Å². The number of rotatable bonds is 6. The summed E-state index contributed by atoms with van der Waals surface area (Å²) < 4.78 is 11.0. The minimum Gasteiger partial charge on any atom is -0.479 e. The SMILES string of the molecule is Cc1ccc(-c2ccc(OC(C)C(=O)OCc3ccccc3Cl)cc2)cc1. The van der Waals surface area contributed by atoms with Crippen molar-refractivity contribution in [1.82, 2.24) is 0 Å². The van der Waals surface area contributed by atoms with Crippen molar-refractivity contribution in [3.63, 3.8) is 0 Å². The van der Waals surface area contributed by atoms with Gasteiger partial charge in [0.15, 0.2) is 6.10 Å². The fourth-order valence-electron chi connectivity index (χ4n) is 2.61. The van der Waals surface area contributed by atoms with Crippen LogP contribution in [0.5, 0.6) is 5.75 Å². The number of aryl methyl sites for hydroxylation is 1. The number of ether oxygens (including phenoxy) is 2. The second-order valence-electron chi connectivity index (χ2n) is 6.35. The Balaban J connectivity index is 1.57. The summed E-state index contributed by atoms with van der Waals surface area (Å²) in [7, 11) is 0. The Labute approximate surface area is 164 Å². The summed E-state index contributed by atoms with van der Waals surface area (Å²) in [6.45, 7) is 3.86. The summed E-state index contributed by atoms with van der Waals surface area (Å²) in [6.07, 6.45) is -0.710. The third-order valence-corrected chi connectivity index (χ3v) is 4.58. The lowest BCUT2D eigenvalue weighted by Gasteiger charge is -2.15. The predicted molar refractivity (Wildman–Crippen MR) is 108 cm³/mol. The molecule has 3 nitrogen and oxygen atoms in total. The van der Waals surface area contributed by atoms with E-state index < -0.39 is 12.1 Å². The lowest BCUT2D eigenvalue weighted by atomic mass is 10.0. The van der Waals surface area contributed by atoms with Gasteiger partial charge in [-0.05, 0) is 43.2 Å². The van der Waals surface area contributed by atoms with Crippen molar-refractivity contribution in [1.29, 1.82) is 0 Å². The van der Waals surface area contributed by atoms with Gasteiger partial charge in [0.25, 0.3) is 0 Å². The zero-order chi connectivity index (χ0) is 19.2. The molecule has 0 spiro atoms. The highest BCUT2D eigenvalue weighted by Gasteiger charge is 2.17. The van der Waals surface area contributed by atoms with Crippen LogP contribution in [0.3, 0.4) is 0 Å². The molecule has 0 radical (unpaired) electrons. The molecular weight excluding hydrogens is 360 g/mol. The molecule has 0 heterocycles. The van der Waals surface area contributed by atoms with Crippen LogP contribution < -0.4 is 4.74 Å². The van der Waals surface area contributed by atoms with Gasteiger partial charge in [0.05, 0.1) is 0 Å². The highest BCUT2D eigenvalue weighted by molar-refractivity contribution is 6.31. The van der Waals surface area contributed by atoms with Gasteiger partial charge in [-0.1, -0.05) is 71.8 Å². The summed E-state index contributed by atoms with van der Waals surface area (Å²) in [6, 6.07) is 23.3. The average Bonchev–Trinajstić information content (AvgIpc) is 2.68. The molecule has 0 aliphatic heterocycles. The van der Waals surface area contributed by atoms with E-state index in [0.717, 1.165) is 16.7 Å². The highest BCUT2D eigenvalue weighted by Crippen LogP contribution is 2.23. The standard InChI is InChI=1S/C23H21ClO3/c1-16-7-9-18(10-8-16)19-11-13-21(14-12-19)27-17(2)23(25)26-15-20-5-3-4-6-22(20)24/h3-14,17H,15H2,1-2H3. The molecule has 27 heavy (non-hydrogen) atoms. The van der Waals surface area contributed by atoms with Gasteiger partial charge in [-0.2, -0.15) is 0 Å². The lowest BCUT2D eigenvalue weighted by molar-refractivity contribution is -0.152. The second-order valence-corrected chi connectivity index (χ2v) is 6.76. The van der Waals surface area contributed by atoms with Gasteiger partial charge in [0.2, 0.25) is 0 Å². The molecule has 138 valence electrons. The van der Waals surface area contributed by atoms with Crippen LogP contribution in [0.15, 0.2) is 72.8 Å². The number of benzene rings is 3.